The summed E-state index contributed by atoms with van der Waals surface area (Å²) in [7, 11) is 1.82. The molecule has 1 unspecified atom stereocenters. The average molecular weight is 211 g/mol. The van der Waals surface area contributed by atoms with Crippen LogP contribution in [0, 0.1) is 11.6 Å². The van der Waals surface area contributed by atoms with Crippen LogP contribution in [0.2, 0.25) is 0 Å². The van der Waals surface area contributed by atoms with E-state index >= 15 is 0 Å². The second kappa shape index (κ2) is 5.61. The fourth-order valence-electron chi connectivity index (χ4n) is 1.46. The second-order valence-electron chi connectivity index (χ2n) is 3.45. The number of nitrogens with one attached hydrogen (secondary N) is 1. The van der Waals surface area contributed by atoms with Gasteiger partial charge < -0.3 is 5.32 Å². The van der Waals surface area contributed by atoms with Gasteiger partial charge in [-0.2, -0.15) is 0 Å². The van der Waals surface area contributed by atoms with Crippen molar-refractivity contribution < 1.29 is 8.78 Å². The minimum atomic E-state index is -0.541. The molecule has 15 heavy (non-hydrogen) atoms. The third-order valence-corrected chi connectivity index (χ3v) is 2.34. The van der Waals surface area contributed by atoms with Crippen LogP contribution in [0.3, 0.4) is 0 Å². The number of halogens is 2. The molecule has 0 spiro atoms. The zero-order chi connectivity index (χ0) is 11.3. The van der Waals surface area contributed by atoms with Crippen LogP contribution in [0.4, 0.5) is 8.78 Å². The highest BCUT2D eigenvalue weighted by Crippen LogP contribution is 2.12. The molecule has 1 aromatic rings. The van der Waals surface area contributed by atoms with E-state index in [1.54, 1.807) is 6.08 Å². The summed E-state index contributed by atoms with van der Waals surface area (Å²) in [6.07, 6.45) is 3.07. The lowest BCUT2D eigenvalue weighted by Gasteiger charge is -2.14. The van der Waals surface area contributed by atoms with Gasteiger partial charge in [-0.3, -0.25) is 0 Å². The molecule has 0 saturated carbocycles. The van der Waals surface area contributed by atoms with Gasteiger partial charge in [-0.25, -0.2) is 8.78 Å². The van der Waals surface area contributed by atoms with Crippen molar-refractivity contribution in [2.45, 2.75) is 18.9 Å². The third kappa shape index (κ3) is 3.44. The highest BCUT2D eigenvalue weighted by atomic mass is 19.1. The van der Waals surface area contributed by atoms with Crippen molar-refractivity contribution in [1.29, 1.82) is 0 Å². The molecule has 1 aromatic carbocycles. The number of benzene rings is 1. The minimum absolute atomic E-state index is 0.141. The summed E-state index contributed by atoms with van der Waals surface area (Å²) < 4.78 is 25.9. The van der Waals surface area contributed by atoms with Gasteiger partial charge in [0.25, 0.3) is 0 Å². The molecular weight excluding hydrogens is 196 g/mol. The van der Waals surface area contributed by atoms with Crippen molar-refractivity contribution in [1.82, 2.24) is 5.32 Å². The Balaban J connectivity index is 2.74. The lowest BCUT2D eigenvalue weighted by atomic mass is 10.0. The van der Waals surface area contributed by atoms with Gasteiger partial charge in [0, 0.05) is 12.1 Å². The monoisotopic (exact) mass is 211 g/mol. The summed E-state index contributed by atoms with van der Waals surface area (Å²) in [4.78, 5) is 0. The molecule has 1 atom stereocenters. The quantitative estimate of drug-likeness (QED) is 0.738. The summed E-state index contributed by atoms with van der Waals surface area (Å²) in [6, 6.07) is 3.81. The van der Waals surface area contributed by atoms with E-state index in [0.29, 0.717) is 12.0 Å². The molecule has 0 heterocycles. The summed E-state index contributed by atoms with van der Waals surface area (Å²) in [6.45, 7) is 3.63. The van der Waals surface area contributed by atoms with E-state index in [0.717, 1.165) is 12.5 Å². The standard InChI is InChI=1S/C12H15F2N/c1-3-4-11(15-2)7-9-5-6-10(13)8-12(9)14/h3,5-6,8,11,15H,1,4,7H2,2H3. The smallest absolute Gasteiger partial charge is 0.129 e. The summed E-state index contributed by atoms with van der Waals surface area (Å²) in [5.41, 5.74) is 0.526. The largest absolute Gasteiger partial charge is 0.316 e. The van der Waals surface area contributed by atoms with Crippen LogP contribution in [0.5, 0.6) is 0 Å². The van der Waals surface area contributed by atoms with Crippen molar-refractivity contribution in [3.63, 3.8) is 0 Å². The van der Waals surface area contributed by atoms with Crippen LogP contribution in [-0.4, -0.2) is 13.1 Å². The molecule has 1 N–H and O–H groups in total. The number of rotatable bonds is 5. The van der Waals surface area contributed by atoms with E-state index in [4.69, 9.17) is 0 Å². The highest BCUT2D eigenvalue weighted by Gasteiger charge is 2.09. The summed E-state index contributed by atoms with van der Waals surface area (Å²) in [5, 5.41) is 3.06. The lowest BCUT2D eigenvalue weighted by Crippen LogP contribution is -2.27. The first-order chi connectivity index (χ1) is 7.17. The molecule has 0 radical (unpaired) electrons. The molecule has 0 fully saturated rings. The topological polar surface area (TPSA) is 12.0 Å². The predicted octanol–water partition coefficient (Wildman–Crippen LogP) is 2.67. The highest BCUT2D eigenvalue weighted by molar-refractivity contribution is 5.19. The maximum Gasteiger partial charge on any atom is 0.129 e. The van der Waals surface area contributed by atoms with Gasteiger partial charge >= 0.3 is 0 Å². The van der Waals surface area contributed by atoms with Gasteiger partial charge in [-0.05, 0) is 31.5 Å². The molecule has 0 aliphatic heterocycles. The Kier molecular flexibility index (Phi) is 4.43. The Bertz CT molecular complexity index is 336. The SMILES string of the molecule is C=CCC(Cc1ccc(F)cc1F)NC. The number of hydrogen-bond donors (Lipinski definition) is 1. The van der Waals surface area contributed by atoms with Crippen molar-refractivity contribution in [2.24, 2.45) is 0 Å². The summed E-state index contributed by atoms with van der Waals surface area (Å²) in [5.74, 6) is -1.03. The number of likely N-dealkylation sites (N-methyl/N-ethyl adjacent to an activating group) is 1. The van der Waals surface area contributed by atoms with E-state index in [1.807, 2.05) is 7.05 Å². The van der Waals surface area contributed by atoms with Crippen LogP contribution < -0.4 is 5.32 Å². The maximum absolute atomic E-state index is 13.3. The van der Waals surface area contributed by atoms with Gasteiger partial charge in [0.05, 0.1) is 0 Å². The minimum Gasteiger partial charge on any atom is -0.316 e. The molecule has 1 rings (SSSR count). The Morgan fingerprint density at radius 2 is 2.20 bits per heavy atom. The summed E-state index contributed by atoms with van der Waals surface area (Å²) >= 11 is 0. The maximum atomic E-state index is 13.3. The Labute approximate surface area is 88.8 Å². The van der Waals surface area contributed by atoms with E-state index in [2.05, 4.69) is 11.9 Å². The van der Waals surface area contributed by atoms with Gasteiger partial charge in [0.15, 0.2) is 0 Å². The van der Waals surface area contributed by atoms with Gasteiger partial charge in [0.1, 0.15) is 11.6 Å². The van der Waals surface area contributed by atoms with Crippen LogP contribution in [0.1, 0.15) is 12.0 Å². The molecular formula is C12H15F2N. The zero-order valence-electron chi connectivity index (χ0n) is 8.76. The first kappa shape index (κ1) is 11.9. The molecule has 0 saturated heterocycles. The van der Waals surface area contributed by atoms with Crippen molar-refractivity contribution in [3.05, 3.63) is 48.1 Å². The van der Waals surface area contributed by atoms with Gasteiger partial charge in [-0.15, -0.1) is 6.58 Å². The van der Waals surface area contributed by atoms with E-state index < -0.39 is 11.6 Å². The zero-order valence-corrected chi connectivity index (χ0v) is 8.76. The fraction of sp³-hybridized carbons (Fsp3) is 0.333. The number of hydrogen-bond acceptors (Lipinski definition) is 1. The van der Waals surface area contributed by atoms with Gasteiger partial charge in [0.2, 0.25) is 0 Å². The predicted molar refractivity (Wildman–Crippen MR) is 57.7 cm³/mol. The molecule has 0 amide bonds. The first-order valence-electron chi connectivity index (χ1n) is 4.89. The molecule has 0 bridgehead atoms. The molecule has 3 heteroatoms. The second-order valence-corrected chi connectivity index (χ2v) is 3.45. The lowest BCUT2D eigenvalue weighted by molar-refractivity contribution is 0.530. The first-order valence-corrected chi connectivity index (χ1v) is 4.89. The Morgan fingerprint density at radius 1 is 1.47 bits per heavy atom. The fourth-order valence-corrected chi connectivity index (χ4v) is 1.46. The molecule has 0 aliphatic rings. The van der Waals surface area contributed by atoms with E-state index in [1.165, 1.54) is 12.1 Å². The van der Waals surface area contributed by atoms with E-state index in [-0.39, 0.29) is 6.04 Å². The normalized spacial score (nSPS) is 12.5. The molecule has 0 aromatic heterocycles. The Morgan fingerprint density at radius 3 is 2.73 bits per heavy atom. The van der Waals surface area contributed by atoms with Crippen LogP contribution in [0.25, 0.3) is 0 Å². The molecule has 0 aliphatic carbocycles. The Hall–Kier alpha value is -1.22. The van der Waals surface area contributed by atoms with Crippen molar-refractivity contribution in [3.8, 4) is 0 Å². The van der Waals surface area contributed by atoms with Crippen molar-refractivity contribution >= 4 is 0 Å². The van der Waals surface area contributed by atoms with E-state index in [9.17, 15) is 8.78 Å². The van der Waals surface area contributed by atoms with Crippen LogP contribution in [-0.2, 0) is 6.42 Å². The van der Waals surface area contributed by atoms with Crippen LogP contribution in [0.15, 0.2) is 30.9 Å². The van der Waals surface area contributed by atoms with Crippen molar-refractivity contribution in [2.75, 3.05) is 7.05 Å². The van der Waals surface area contributed by atoms with Crippen LogP contribution >= 0.6 is 0 Å². The molecule has 1 nitrogen and oxygen atoms in total. The van der Waals surface area contributed by atoms with Gasteiger partial charge in [-0.1, -0.05) is 12.1 Å². The third-order valence-electron chi connectivity index (χ3n) is 2.34. The molecule has 82 valence electrons. The average Bonchev–Trinajstić information content (AvgIpc) is 2.21.